The molecule has 1 amide bonds. The van der Waals surface area contributed by atoms with E-state index < -0.39 is 11.8 Å². The Bertz CT molecular complexity index is 1220. The van der Waals surface area contributed by atoms with Gasteiger partial charge < -0.3 is 15.0 Å². The summed E-state index contributed by atoms with van der Waals surface area (Å²) in [5.74, 6) is -0.360. The van der Waals surface area contributed by atoms with Crippen LogP contribution in [0.4, 0.5) is 4.39 Å². The number of rotatable bonds is 11. The Labute approximate surface area is 211 Å². The molecule has 1 heterocycles. The average molecular weight is 500 g/mol. The lowest BCUT2D eigenvalue weighted by molar-refractivity contribution is -0.124. The van der Waals surface area contributed by atoms with Crippen LogP contribution in [0.25, 0.3) is 11.0 Å². The molecule has 0 aliphatic heterocycles. The van der Waals surface area contributed by atoms with Gasteiger partial charge in [0, 0.05) is 31.2 Å². The number of imidazole rings is 1. The number of carboxylic acids is 1. The maximum Gasteiger partial charge on any atom is 0.338 e. The van der Waals surface area contributed by atoms with Crippen molar-refractivity contribution in [2.75, 3.05) is 5.75 Å². The van der Waals surface area contributed by atoms with Gasteiger partial charge >= 0.3 is 5.97 Å². The summed E-state index contributed by atoms with van der Waals surface area (Å²) < 4.78 is 16.4. The molecule has 35 heavy (non-hydrogen) atoms. The third-order valence-electron chi connectivity index (χ3n) is 6.08. The van der Waals surface area contributed by atoms with Crippen molar-refractivity contribution in [3.05, 3.63) is 64.2 Å². The van der Waals surface area contributed by atoms with Crippen LogP contribution in [-0.4, -0.2) is 32.3 Å². The van der Waals surface area contributed by atoms with E-state index in [1.165, 1.54) is 12.1 Å². The fourth-order valence-electron chi connectivity index (χ4n) is 4.39. The minimum Gasteiger partial charge on any atom is -0.478 e. The second-order valence-electron chi connectivity index (χ2n) is 9.49. The summed E-state index contributed by atoms with van der Waals surface area (Å²) in [6.07, 6.45) is 2.45. The van der Waals surface area contributed by atoms with E-state index >= 15 is 0 Å². The number of nitrogens with zero attached hydrogens (tertiary/aromatic N) is 2. The molecule has 0 saturated heterocycles. The summed E-state index contributed by atoms with van der Waals surface area (Å²) in [6, 6.07) is 8.27. The number of aromatic carboxylic acids is 1. The van der Waals surface area contributed by atoms with Crippen molar-refractivity contribution in [1.29, 1.82) is 0 Å². The molecule has 2 aromatic carbocycles. The predicted molar refractivity (Wildman–Crippen MR) is 140 cm³/mol. The Kier molecular flexibility index (Phi) is 8.94. The molecular weight excluding hydrogens is 465 g/mol. The Hall–Kier alpha value is -2.87. The number of halogens is 1. The minimum atomic E-state index is -1.29. The van der Waals surface area contributed by atoms with Gasteiger partial charge in [-0.15, -0.1) is 0 Å². The highest BCUT2D eigenvalue weighted by molar-refractivity contribution is 7.80. The molecule has 0 aliphatic carbocycles. The highest BCUT2D eigenvalue weighted by Gasteiger charge is 2.19. The number of fused-ring (bicyclic) bond motifs is 1. The van der Waals surface area contributed by atoms with E-state index in [2.05, 4.69) is 43.3 Å². The molecule has 0 spiro atoms. The van der Waals surface area contributed by atoms with E-state index in [0.717, 1.165) is 47.2 Å². The zero-order valence-electron chi connectivity index (χ0n) is 20.8. The van der Waals surface area contributed by atoms with Gasteiger partial charge in [-0.05, 0) is 60.6 Å². The summed E-state index contributed by atoms with van der Waals surface area (Å²) in [6.45, 7) is 9.03. The van der Waals surface area contributed by atoms with Gasteiger partial charge in [0.15, 0.2) is 0 Å². The molecule has 2 N–H and O–H groups in total. The molecule has 188 valence electrons. The van der Waals surface area contributed by atoms with Crippen LogP contribution >= 0.6 is 12.6 Å². The molecule has 0 unspecified atom stereocenters. The highest BCUT2D eigenvalue weighted by Crippen LogP contribution is 2.25. The van der Waals surface area contributed by atoms with Crippen LogP contribution in [0.3, 0.4) is 0 Å². The number of hydrogen-bond donors (Lipinski definition) is 3. The van der Waals surface area contributed by atoms with Crippen LogP contribution < -0.4 is 5.32 Å². The first-order chi connectivity index (χ1) is 16.6. The molecule has 0 bridgehead atoms. The van der Waals surface area contributed by atoms with E-state index in [4.69, 9.17) is 10.1 Å². The summed E-state index contributed by atoms with van der Waals surface area (Å²) in [5, 5.41) is 12.2. The van der Waals surface area contributed by atoms with Gasteiger partial charge in [-0.2, -0.15) is 12.6 Å². The van der Waals surface area contributed by atoms with Gasteiger partial charge in [0.25, 0.3) is 0 Å². The van der Waals surface area contributed by atoms with E-state index in [1.54, 1.807) is 6.07 Å². The first kappa shape index (κ1) is 26.7. The van der Waals surface area contributed by atoms with Crippen molar-refractivity contribution in [3.63, 3.8) is 0 Å². The Morgan fingerprint density at radius 3 is 2.54 bits per heavy atom. The van der Waals surface area contributed by atoms with Crippen molar-refractivity contribution < 1.29 is 19.1 Å². The Morgan fingerprint density at radius 2 is 1.94 bits per heavy atom. The molecule has 1 aromatic heterocycles. The fourth-order valence-corrected chi connectivity index (χ4v) is 4.70. The molecular formula is C27H34FN3O3S. The number of nitrogens with one attached hydrogen (secondary N) is 1. The molecule has 1 atom stereocenters. The highest BCUT2D eigenvalue weighted by atomic mass is 32.1. The molecule has 3 aromatic rings. The lowest BCUT2D eigenvalue weighted by Gasteiger charge is -2.17. The summed E-state index contributed by atoms with van der Waals surface area (Å²) >= 11 is 4.35. The molecule has 8 heteroatoms. The van der Waals surface area contributed by atoms with Crippen LogP contribution in [0.1, 0.15) is 66.5 Å². The third kappa shape index (κ3) is 6.42. The maximum atomic E-state index is 14.3. The number of hydrogen-bond acceptors (Lipinski definition) is 4. The number of amides is 1. The van der Waals surface area contributed by atoms with E-state index in [-0.39, 0.29) is 17.4 Å². The van der Waals surface area contributed by atoms with Crippen molar-refractivity contribution in [3.8, 4) is 0 Å². The Balaban J connectivity index is 1.93. The van der Waals surface area contributed by atoms with Crippen LogP contribution in [0, 0.1) is 24.6 Å². The fraction of sp³-hybridized carbons (Fsp3) is 0.444. The quantitative estimate of drug-likeness (QED) is 0.309. The molecule has 3 rings (SSSR count). The van der Waals surface area contributed by atoms with E-state index in [0.29, 0.717) is 30.3 Å². The first-order valence-electron chi connectivity index (χ1n) is 12.0. The molecule has 0 aliphatic rings. The summed E-state index contributed by atoms with van der Waals surface area (Å²) in [7, 11) is 0. The maximum absolute atomic E-state index is 14.3. The zero-order valence-corrected chi connectivity index (χ0v) is 21.7. The van der Waals surface area contributed by atoms with Gasteiger partial charge in [0.2, 0.25) is 5.91 Å². The number of aromatic nitrogens is 2. The van der Waals surface area contributed by atoms with E-state index in [1.807, 2.05) is 19.1 Å². The van der Waals surface area contributed by atoms with Crippen molar-refractivity contribution >= 4 is 35.5 Å². The average Bonchev–Trinajstić information content (AvgIpc) is 3.13. The molecule has 0 radical (unpaired) electrons. The van der Waals surface area contributed by atoms with Gasteiger partial charge in [0.1, 0.15) is 11.6 Å². The minimum absolute atomic E-state index is 0.000579. The number of thiol groups is 1. The molecule has 0 saturated carbocycles. The lowest BCUT2D eigenvalue weighted by atomic mass is 9.98. The van der Waals surface area contributed by atoms with Crippen molar-refractivity contribution in [2.24, 2.45) is 11.8 Å². The first-order valence-corrected chi connectivity index (χ1v) is 12.7. The number of carbonyl (C=O) groups is 2. The van der Waals surface area contributed by atoms with Gasteiger partial charge in [0.05, 0.1) is 16.6 Å². The van der Waals surface area contributed by atoms with Crippen LogP contribution in [-0.2, 0) is 24.3 Å². The molecule has 6 nitrogen and oxygen atoms in total. The van der Waals surface area contributed by atoms with Crippen LogP contribution in [0.15, 0.2) is 30.3 Å². The van der Waals surface area contributed by atoms with Gasteiger partial charge in [-0.1, -0.05) is 32.9 Å². The number of carboxylic acid groups (broad SMARTS) is 1. The normalized spacial score (nSPS) is 12.3. The van der Waals surface area contributed by atoms with Crippen LogP contribution in [0.2, 0.25) is 0 Å². The zero-order chi connectivity index (χ0) is 25.7. The van der Waals surface area contributed by atoms with Crippen molar-refractivity contribution in [2.45, 2.75) is 60.0 Å². The monoisotopic (exact) mass is 499 g/mol. The number of carbonyl (C=O) groups excluding carboxylic acids is 1. The van der Waals surface area contributed by atoms with Gasteiger partial charge in [-0.25, -0.2) is 14.2 Å². The number of aryl methyl sites for hydroxylation is 2. The Morgan fingerprint density at radius 1 is 1.20 bits per heavy atom. The standard InChI is InChI=1S/C27H34FN3O3S/c1-5-6-24-30-25-17(4)10-19(13-29-26(32)20(15-35)9-16(2)3)12-23(25)31(24)14-18-7-8-21(27(33)34)22(28)11-18/h7-8,10-12,16,20,35H,5-6,9,13-15H2,1-4H3,(H,29,32)(H,33,34)/t20-/m0/s1. The third-order valence-corrected chi connectivity index (χ3v) is 6.52. The summed E-state index contributed by atoms with van der Waals surface area (Å²) in [5.41, 5.74) is 4.06. The van der Waals surface area contributed by atoms with Crippen molar-refractivity contribution in [1.82, 2.24) is 14.9 Å². The van der Waals surface area contributed by atoms with E-state index in [9.17, 15) is 14.0 Å². The predicted octanol–water partition coefficient (Wildman–Crippen LogP) is 5.39. The number of benzene rings is 2. The molecule has 0 fully saturated rings. The largest absolute Gasteiger partial charge is 0.478 e. The van der Waals surface area contributed by atoms with Crippen LogP contribution in [0.5, 0.6) is 0 Å². The second-order valence-corrected chi connectivity index (χ2v) is 9.86. The smallest absolute Gasteiger partial charge is 0.338 e. The second kappa shape index (κ2) is 11.7. The summed E-state index contributed by atoms with van der Waals surface area (Å²) in [4.78, 5) is 28.7. The SMILES string of the molecule is CCCc1nc2c(C)cc(CNC(=O)[C@H](CS)CC(C)C)cc2n1Cc1ccc(C(=O)O)c(F)c1. The van der Waals surface area contributed by atoms with Gasteiger partial charge in [-0.3, -0.25) is 4.79 Å². The lowest BCUT2D eigenvalue weighted by Crippen LogP contribution is -2.32. The topological polar surface area (TPSA) is 84.2 Å².